The number of carbonyl (C=O) groups excluding carboxylic acids is 1. The smallest absolute Gasteiger partial charge is 0.411 e. The number of fused-ring (bicyclic) bond motifs is 3. The highest BCUT2D eigenvalue weighted by Crippen LogP contribution is 2.30. The molecular formula is C23H27N3O2. The predicted octanol–water partition coefficient (Wildman–Crippen LogP) is 4.30. The van der Waals surface area contributed by atoms with Crippen molar-refractivity contribution in [3.63, 3.8) is 0 Å². The van der Waals surface area contributed by atoms with Gasteiger partial charge in [0.1, 0.15) is 6.10 Å². The first-order valence-electron chi connectivity index (χ1n) is 10.3. The Kier molecular flexibility index (Phi) is 4.47. The second-order valence-corrected chi connectivity index (χ2v) is 8.32. The highest BCUT2D eigenvalue weighted by molar-refractivity contribution is 6.07. The number of nitrogens with zero attached hydrogens (tertiary/aromatic N) is 3. The minimum absolute atomic E-state index is 0.115. The first kappa shape index (κ1) is 17.6. The summed E-state index contributed by atoms with van der Waals surface area (Å²) in [5.41, 5.74) is 2.39. The van der Waals surface area contributed by atoms with Gasteiger partial charge in [-0.25, -0.2) is 4.79 Å². The number of hydrogen-bond donors (Lipinski definition) is 0. The molecule has 146 valence electrons. The van der Waals surface area contributed by atoms with Crippen LogP contribution in [0.5, 0.6) is 0 Å². The van der Waals surface area contributed by atoms with Gasteiger partial charge >= 0.3 is 6.09 Å². The minimum atomic E-state index is -0.176. The van der Waals surface area contributed by atoms with Gasteiger partial charge in [-0.1, -0.05) is 43.3 Å². The molecule has 5 nitrogen and oxygen atoms in total. The number of cyclic esters (lactones) is 1. The lowest BCUT2D eigenvalue weighted by Gasteiger charge is -2.32. The number of amides is 1. The standard InChI is InChI=1S/C23H27N3O2/c1-17-10-12-24(13-11-17)16-25-14-18(28-23(25)27)15-26-21-8-4-2-6-19(21)20-7-3-5-9-22(20)26/h2-9,17-18H,10-16H2,1H3/t18-/m0/s1. The molecule has 3 heterocycles. The van der Waals surface area contributed by atoms with E-state index >= 15 is 0 Å². The number of ether oxygens (including phenoxy) is 1. The van der Waals surface area contributed by atoms with E-state index in [2.05, 4.69) is 64.9 Å². The quantitative estimate of drug-likeness (QED) is 0.680. The molecule has 3 aromatic rings. The van der Waals surface area contributed by atoms with Crippen molar-refractivity contribution in [3.8, 4) is 0 Å². The van der Waals surface area contributed by atoms with Crippen LogP contribution in [0.25, 0.3) is 21.8 Å². The fraction of sp³-hybridized carbons (Fsp3) is 0.435. The SMILES string of the molecule is CC1CCN(CN2C[C@@H](Cn3c4ccccc4c4ccccc43)OC2=O)CC1. The third kappa shape index (κ3) is 3.14. The monoisotopic (exact) mass is 377 g/mol. The zero-order chi connectivity index (χ0) is 19.1. The molecule has 1 atom stereocenters. The van der Waals surface area contributed by atoms with Crippen molar-refractivity contribution in [1.82, 2.24) is 14.4 Å². The molecule has 0 radical (unpaired) electrons. The van der Waals surface area contributed by atoms with E-state index < -0.39 is 0 Å². The molecule has 0 aliphatic carbocycles. The van der Waals surface area contributed by atoms with Crippen LogP contribution in [0.4, 0.5) is 4.79 Å². The van der Waals surface area contributed by atoms with Gasteiger partial charge in [0.25, 0.3) is 0 Å². The minimum Gasteiger partial charge on any atom is -0.442 e. The van der Waals surface area contributed by atoms with Gasteiger partial charge in [-0.2, -0.15) is 0 Å². The van der Waals surface area contributed by atoms with E-state index in [1.54, 1.807) is 0 Å². The second-order valence-electron chi connectivity index (χ2n) is 8.32. The Balaban J connectivity index is 1.35. The van der Waals surface area contributed by atoms with E-state index in [1.807, 2.05) is 4.90 Å². The van der Waals surface area contributed by atoms with Crippen LogP contribution in [-0.2, 0) is 11.3 Å². The maximum atomic E-state index is 12.4. The number of benzene rings is 2. The molecule has 2 saturated heterocycles. The first-order valence-corrected chi connectivity index (χ1v) is 10.3. The Hall–Kier alpha value is -2.53. The Morgan fingerprint density at radius 2 is 1.57 bits per heavy atom. The molecule has 5 rings (SSSR count). The molecule has 0 bridgehead atoms. The average molecular weight is 377 g/mol. The molecule has 0 saturated carbocycles. The molecule has 2 aliphatic heterocycles. The van der Waals surface area contributed by atoms with E-state index in [-0.39, 0.29) is 12.2 Å². The summed E-state index contributed by atoms with van der Waals surface area (Å²) in [5.74, 6) is 0.796. The molecule has 0 spiro atoms. The maximum absolute atomic E-state index is 12.4. The molecule has 2 fully saturated rings. The zero-order valence-electron chi connectivity index (χ0n) is 16.4. The second kappa shape index (κ2) is 7.13. The molecule has 5 heteroatoms. The van der Waals surface area contributed by atoms with Crippen molar-refractivity contribution in [2.45, 2.75) is 32.4 Å². The summed E-state index contributed by atoms with van der Waals surface area (Å²) in [6.45, 7) is 6.49. The molecule has 2 aromatic carbocycles. The summed E-state index contributed by atoms with van der Waals surface area (Å²) >= 11 is 0. The summed E-state index contributed by atoms with van der Waals surface area (Å²) in [6.07, 6.45) is 2.14. The third-order valence-corrected chi connectivity index (χ3v) is 6.26. The zero-order valence-corrected chi connectivity index (χ0v) is 16.4. The number of para-hydroxylation sites is 2. The Morgan fingerprint density at radius 1 is 0.964 bits per heavy atom. The number of carbonyl (C=O) groups is 1. The lowest BCUT2D eigenvalue weighted by molar-refractivity contribution is 0.105. The van der Waals surface area contributed by atoms with Crippen LogP contribution in [0.15, 0.2) is 48.5 Å². The van der Waals surface area contributed by atoms with Crippen molar-refractivity contribution in [3.05, 3.63) is 48.5 Å². The molecule has 0 unspecified atom stereocenters. The summed E-state index contributed by atoms with van der Waals surface area (Å²) in [5, 5.41) is 2.50. The van der Waals surface area contributed by atoms with Crippen molar-refractivity contribution in [2.75, 3.05) is 26.3 Å². The number of rotatable bonds is 4. The van der Waals surface area contributed by atoms with Crippen LogP contribution in [0, 0.1) is 5.92 Å². The van der Waals surface area contributed by atoms with E-state index in [0.29, 0.717) is 19.8 Å². The van der Waals surface area contributed by atoms with Gasteiger partial charge in [0.2, 0.25) is 0 Å². The lowest BCUT2D eigenvalue weighted by atomic mass is 10.00. The third-order valence-electron chi connectivity index (χ3n) is 6.26. The Labute approximate surface area is 165 Å². The Morgan fingerprint density at radius 3 is 2.21 bits per heavy atom. The van der Waals surface area contributed by atoms with E-state index in [1.165, 1.54) is 34.6 Å². The normalized spacial score (nSPS) is 21.7. The maximum Gasteiger partial charge on any atom is 0.411 e. The average Bonchev–Trinajstić information content (AvgIpc) is 3.22. The first-order chi connectivity index (χ1) is 13.7. The number of piperidine rings is 1. The van der Waals surface area contributed by atoms with E-state index in [4.69, 9.17) is 4.74 Å². The fourth-order valence-electron chi connectivity index (χ4n) is 4.63. The van der Waals surface area contributed by atoms with E-state index in [9.17, 15) is 4.79 Å². The van der Waals surface area contributed by atoms with Crippen LogP contribution in [0.3, 0.4) is 0 Å². The summed E-state index contributed by atoms with van der Waals surface area (Å²) in [4.78, 5) is 16.7. The van der Waals surface area contributed by atoms with Crippen molar-refractivity contribution in [2.24, 2.45) is 5.92 Å². The lowest BCUT2D eigenvalue weighted by Crippen LogP contribution is -2.42. The number of aromatic nitrogens is 1. The molecule has 2 aliphatic rings. The van der Waals surface area contributed by atoms with Crippen molar-refractivity contribution in [1.29, 1.82) is 0 Å². The van der Waals surface area contributed by atoms with E-state index in [0.717, 1.165) is 19.0 Å². The molecular weight excluding hydrogens is 350 g/mol. The topological polar surface area (TPSA) is 37.7 Å². The highest BCUT2D eigenvalue weighted by atomic mass is 16.6. The summed E-state index contributed by atoms with van der Waals surface area (Å²) < 4.78 is 8.05. The fourth-order valence-corrected chi connectivity index (χ4v) is 4.63. The van der Waals surface area contributed by atoms with Crippen LogP contribution in [0.1, 0.15) is 19.8 Å². The van der Waals surface area contributed by atoms with Crippen LogP contribution < -0.4 is 0 Å². The van der Waals surface area contributed by atoms with Crippen molar-refractivity contribution < 1.29 is 9.53 Å². The number of likely N-dealkylation sites (tertiary alicyclic amines) is 1. The highest BCUT2D eigenvalue weighted by Gasteiger charge is 2.33. The van der Waals surface area contributed by atoms with Crippen LogP contribution in [-0.4, -0.2) is 52.9 Å². The summed E-state index contributed by atoms with van der Waals surface area (Å²) in [6, 6.07) is 16.9. The van der Waals surface area contributed by atoms with Gasteiger partial charge in [-0.3, -0.25) is 9.80 Å². The largest absolute Gasteiger partial charge is 0.442 e. The predicted molar refractivity (Wildman–Crippen MR) is 111 cm³/mol. The summed E-state index contributed by atoms with van der Waals surface area (Å²) in [7, 11) is 0. The Bertz CT molecular complexity index is 950. The molecule has 1 aromatic heterocycles. The van der Waals surface area contributed by atoms with Gasteiger partial charge < -0.3 is 9.30 Å². The van der Waals surface area contributed by atoms with Gasteiger partial charge in [0.05, 0.1) is 19.8 Å². The van der Waals surface area contributed by atoms with Gasteiger partial charge in [-0.05, 0) is 30.9 Å². The van der Waals surface area contributed by atoms with Crippen LogP contribution >= 0.6 is 0 Å². The van der Waals surface area contributed by atoms with Gasteiger partial charge in [0.15, 0.2) is 0 Å². The van der Waals surface area contributed by atoms with Gasteiger partial charge in [-0.15, -0.1) is 0 Å². The molecule has 1 amide bonds. The molecule has 28 heavy (non-hydrogen) atoms. The number of hydrogen-bond acceptors (Lipinski definition) is 3. The van der Waals surface area contributed by atoms with Gasteiger partial charge in [0, 0.05) is 34.9 Å². The molecule has 0 N–H and O–H groups in total. The van der Waals surface area contributed by atoms with Crippen molar-refractivity contribution >= 4 is 27.9 Å². The van der Waals surface area contributed by atoms with Crippen LogP contribution in [0.2, 0.25) is 0 Å².